The number of amides is 3. The van der Waals surface area contributed by atoms with Gasteiger partial charge in [-0.1, -0.05) is 29.8 Å². The zero-order valence-corrected chi connectivity index (χ0v) is 14.9. The first-order chi connectivity index (χ1) is 11.9. The standard InChI is InChI=1S/C19H23N3O3/c1-13-6-5-7-14(10-13)12-20-19(24)21-16-11-15(18(23)22(2)3)8-9-17(16)25-4/h5-11H,12H2,1-4H3,(H2,20,21,24). The third kappa shape index (κ3) is 4.97. The molecule has 0 aromatic heterocycles. The Morgan fingerprint density at radius 1 is 1.12 bits per heavy atom. The second-order valence-corrected chi connectivity index (χ2v) is 5.91. The van der Waals surface area contributed by atoms with Gasteiger partial charge in [0.05, 0.1) is 12.8 Å². The molecule has 6 nitrogen and oxygen atoms in total. The van der Waals surface area contributed by atoms with Gasteiger partial charge in [0.15, 0.2) is 0 Å². The first-order valence-corrected chi connectivity index (χ1v) is 7.91. The van der Waals surface area contributed by atoms with Gasteiger partial charge < -0.3 is 20.3 Å². The van der Waals surface area contributed by atoms with E-state index in [2.05, 4.69) is 10.6 Å². The summed E-state index contributed by atoms with van der Waals surface area (Å²) in [5, 5.41) is 5.53. The van der Waals surface area contributed by atoms with Crippen LogP contribution in [0.1, 0.15) is 21.5 Å². The molecule has 0 fully saturated rings. The Morgan fingerprint density at radius 2 is 1.88 bits per heavy atom. The van der Waals surface area contributed by atoms with Crippen LogP contribution in [0, 0.1) is 6.92 Å². The summed E-state index contributed by atoms with van der Waals surface area (Å²) in [6.45, 7) is 2.41. The highest BCUT2D eigenvalue weighted by atomic mass is 16.5. The van der Waals surface area contributed by atoms with E-state index in [0.29, 0.717) is 23.5 Å². The van der Waals surface area contributed by atoms with Crippen molar-refractivity contribution in [2.45, 2.75) is 13.5 Å². The van der Waals surface area contributed by atoms with Gasteiger partial charge in [-0.3, -0.25) is 4.79 Å². The number of benzene rings is 2. The average molecular weight is 341 g/mol. The number of rotatable bonds is 5. The lowest BCUT2D eigenvalue weighted by Gasteiger charge is -2.15. The minimum Gasteiger partial charge on any atom is -0.495 e. The molecular weight excluding hydrogens is 318 g/mol. The molecule has 132 valence electrons. The second kappa shape index (κ2) is 8.19. The van der Waals surface area contributed by atoms with Crippen molar-refractivity contribution >= 4 is 17.6 Å². The third-order valence-electron chi connectivity index (χ3n) is 3.64. The maximum Gasteiger partial charge on any atom is 0.319 e. The number of urea groups is 1. The number of nitrogens with zero attached hydrogens (tertiary/aromatic N) is 1. The van der Waals surface area contributed by atoms with E-state index in [9.17, 15) is 9.59 Å². The van der Waals surface area contributed by atoms with Gasteiger partial charge in [-0.25, -0.2) is 4.79 Å². The predicted octanol–water partition coefficient (Wildman–Crippen LogP) is 3.03. The molecule has 0 aliphatic heterocycles. The number of anilines is 1. The topological polar surface area (TPSA) is 70.7 Å². The van der Waals surface area contributed by atoms with Crippen LogP contribution in [-0.2, 0) is 6.54 Å². The molecule has 0 atom stereocenters. The minimum absolute atomic E-state index is 0.147. The number of carbonyl (C=O) groups is 2. The molecule has 0 unspecified atom stereocenters. The van der Waals surface area contributed by atoms with Crippen LogP contribution in [0.2, 0.25) is 0 Å². The molecule has 0 radical (unpaired) electrons. The van der Waals surface area contributed by atoms with E-state index in [1.54, 1.807) is 32.3 Å². The van der Waals surface area contributed by atoms with Crippen LogP contribution in [-0.4, -0.2) is 38.0 Å². The summed E-state index contributed by atoms with van der Waals surface area (Å²) in [6, 6.07) is 12.5. The number of nitrogens with one attached hydrogen (secondary N) is 2. The molecule has 0 bridgehead atoms. The minimum atomic E-state index is -0.366. The summed E-state index contributed by atoms with van der Waals surface area (Å²) in [7, 11) is 4.86. The molecule has 6 heteroatoms. The van der Waals surface area contributed by atoms with Crippen LogP contribution in [0.3, 0.4) is 0 Å². The lowest BCUT2D eigenvalue weighted by molar-refractivity contribution is 0.0827. The van der Waals surface area contributed by atoms with Crippen molar-refractivity contribution < 1.29 is 14.3 Å². The van der Waals surface area contributed by atoms with Crippen molar-refractivity contribution in [1.29, 1.82) is 0 Å². The van der Waals surface area contributed by atoms with Gasteiger partial charge in [-0.05, 0) is 30.7 Å². The Bertz CT molecular complexity index is 772. The van der Waals surface area contributed by atoms with Crippen molar-refractivity contribution in [3.63, 3.8) is 0 Å². The molecule has 2 N–H and O–H groups in total. The van der Waals surface area contributed by atoms with Crippen LogP contribution in [0.4, 0.5) is 10.5 Å². The van der Waals surface area contributed by atoms with Crippen LogP contribution in [0.5, 0.6) is 5.75 Å². The highest BCUT2D eigenvalue weighted by molar-refractivity contribution is 5.97. The van der Waals surface area contributed by atoms with Crippen LogP contribution < -0.4 is 15.4 Å². The highest BCUT2D eigenvalue weighted by Gasteiger charge is 2.13. The Labute approximate surface area is 147 Å². The van der Waals surface area contributed by atoms with E-state index in [4.69, 9.17) is 4.74 Å². The first-order valence-electron chi connectivity index (χ1n) is 7.91. The van der Waals surface area contributed by atoms with Gasteiger partial charge in [-0.2, -0.15) is 0 Å². The molecule has 0 saturated heterocycles. The first kappa shape index (κ1) is 18.3. The fraction of sp³-hybridized carbons (Fsp3) is 0.263. The molecule has 2 rings (SSSR count). The summed E-state index contributed by atoms with van der Waals surface area (Å²) in [6.07, 6.45) is 0. The summed E-state index contributed by atoms with van der Waals surface area (Å²) in [5.74, 6) is 0.340. The van der Waals surface area contributed by atoms with Gasteiger partial charge >= 0.3 is 6.03 Å². The predicted molar refractivity (Wildman–Crippen MR) is 98.0 cm³/mol. The molecule has 0 saturated carbocycles. The monoisotopic (exact) mass is 341 g/mol. The lowest BCUT2D eigenvalue weighted by Crippen LogP contribution is -2.28. The molecule has 2 aromatic carbocycles. The zero-order valence-electron chi connectivity index (χ0n) is 14.9. The van der Waals surface area contributed by atoms with Crippen molar-refractivity contribution in [3.05, 3.63) is 59.2 Å². The molecular formula is C19H23N3O3. The Balaban J connectivity index is 2.08. The average Bonchev–Trinajstić information content (AvgIpc) is 2.59. The second-order valence-electron chi connectivity index (χ2n) is 5.91. The molecule has 0 heterocycles. The van der Waals surface area contributed by atoms with Gasteiger partial charge in [-0.15, -0.1) is 0 Å². The van der Waals surface area contributed by atoms with Crippen molar-refractivity contribution in [2.75, 3.05) is 26.5 Å². The quantitative estimate of drug-likeness (QED) is 0.878. The van der Waals surface area contributed by atoms with E-state index >= 15 is 0 Å². The summed E-state index contributed by atoms with van der Waals surface area (Å²) in [5.41, 5.74) is 3.06. The third-order valence-corrected chi connectivity index (χ3v) is 3.64. The molecule has 0 spiro atoms. The lowest BCUT2D eigenvalue weighted by atomic mass is 10.1. The largest absolute Gasteiger partial charge is 0.495 e. The van der Waals surface area contributed by atoms with Gasteiger partial charge in [0.25, 0.3) is 5.91 Å². The normalized spacial score (nSPS) is 10.1. The number of ether oxygens (including phenoxy) is 1. The maximum absolute atomic E-state index is 12.2. The molecule has 0 aliphatic rings. The SMILES string of the molecule is COc1ccc(C(=O)N(C)C)cc1NC(=O)NCc1cccc(C)c1. The van der Waals surface area contributed by atoms with E-state index < -0.39 is 0 Å². The number of methoxy groups -OCH3 is 1. The Kier molecular flexibility index (Phi) is 6.00. The zero-order chi connectivity index (χ0) is 18.4. The summed E-state index contributed by atoms with van der Waals surface area (Å²) < 4.78 is 5.25. The molecule has 2 aromatic rings. The summed E-state index contributed by atoms with van der Waals surface area (Å²) in [4.78, 5) is 25.7. The number of aryl methyl sites for hydroxylation is 1. The van der Waals surface area contributed by atoms with Crippen LogP contribution >= 0.6 is 0 Å². The van der Waals surface area contributed by atoms with E-state index in [-0.39, 0.29) is 11.9 Å². The smallest absolute Gasteiger partial charge is 0.319 e. The van der Waals surface area contributed by atoms with Crippen molar-refractivity contribution in [3.8, 4) is 5.75 Å². The van der Waals surface area contributed by atoms with Gasteiger partial charge in [0.1, 0.15) is 5.75 Å². The number of hydrogen-bond acceptors (Lipinski definition) is 3. The van der Waals surface area contributed by atoms with Crippen molar-refractivity contribution in [2.24, 2.45) is 0 Å². The van der Waals surface area contributed by atoms with Crippen molar-refractivity contribution in [1.82, 2.24) is 10.2 Å². The molecule has 0 aliphatic carbocycles. The van der Waals surface area contributed by atoms with Crippen LogP contribution in [0.15, 0.2) is 42.5 Å². The molecule has 3 amide bonds. The Hall–Kier alpha value is -3.02. The highest BCUT2D eigenvalue weighted by Crippen LogP contribution is 2.25. The van der Waals surface area contributed by atoms with Crippen LogP contribution in [0.25, 0.3) is 0 Å². The molecule has 25 heavy (non-hydrogen) atoms. The number of hydrogen-bond donors (Lipinski definition) is 2. The van der Waals surface area contributed by atoms with Gasteiger partial charge in [0, 0.05) is 26.2 Å². The fourth-order valence-corrected chi connectivity index (χ4v) is 2.37. The van der Waals surface area contributed by atoms with E-state index in [0.717, 1.165) is 11.1 Å². The van der Waals surface area contributed by atoms with Gasteiger partial charge in [0.2, 0.25) is 0 Å². The summed E-state index contributed by atoms with van der Waals surface area (Å²) >= 11 is 0. The fourth-order valence-electron chi connectivity index (χ4n) is 2.37. The Morgan fingerprint density at radius 3 is 2.52 bits per heavy atom. The number of carbonyl (C=O) groups excluding carboxylic acids is 2. The maximum atomic E-state index is 12.2. The van der Waals surface area contributed by atoms with E-state index in [1.807, 2.05) is 31.2 Å². The van der Waals surface area contributed by atoms with E-state index in [1.165, 1.54) is 12.0 Å².